The lowest BCUT2D eigenvalue weighted by atomic mass is 9.85. The molecule has 0 spiro atoms. The molecule has 39 heavy (non-hydrogen) atoms. The average molecular weight is 527 g/mol. The van der Waals surface area contributed by atoms with Crippen LogP contribution >= 0.6 is 0 Å². The number of para-hydroxylation sites is 1. The second-order valence-corrected chi connectivity index (χ2v) is 11.4. The largest absolute Gasteiger partial charge is 0.350 e. The number of aryl methyl sites for hydroxylation is 3. The molecule has 0 aromatic heterocycles. The molecule has 4 amide bonds. The van der Waals surface area contributed by atoms with Crippen LogP contribution in [0.2, 0.25) is 0 Å². The second-order valence-electron chi connectivity index (χ2n) is 11.4. The number of nitrogens with zero attached hydrogens (tertiary/aromatic N) is 1. The molecule has 2 atom stereocenters. The van der Waals surface area contributed by atoms with E-state index in [0.717, 1.165) is 22.3 Å². The Hall–Kier alpha value is -4.13. The monoisotopic (exact) mass is 526 g/mol. The highest BCUT2D eigenvalue weighted by molar-refractivity contribution is 6.05. The van der Waals surface area contributed by atoms with Crippen LogP contribution < -0.4 is 20.9 Å². The van der Waals surface area contributed by atoms with E-state index in [1.165, 1.54) is 10.5 Å². The molecule has 0 fully saturated rings. The Balaban J connectivity index is 1.72. The SMILES string of the molecule is Cc1ccc(NC(=O)NC2CC(c3ccc(C)c(C)c3)c3ccccc3N(CC(=O)NC(C)(C)C)C2=O)cc1. The molecular formula is C32H38N4O3. The van der Waals surface area contributed by atoms with E-state index in [4.69, 9.17) is 0 Å². The van der Waals surface area contributed by atoms with E-state index < -0.39 is 17.6 Å². The maximum absolute atomic E-state index is 14.0. The number of fused-ring (bicyclic) bond motifs is 1. The molecule has 3 aromatic rings. The van der Waals surface area contributed by atoms with Crippen LogP contribution in [0.25, 0.3) is 0 Å². The Morgan fingerprint density at radius 2 is 1.62 bits per heavy atom. The number of urea groups is 1. The van der Waals surface area contributed by atoms with Crippen LogP contribution in [0.5, 0.6) is 0 Å². The Morgan fingerprint density at radius 1 is 0.923 bits per heavy atom. The molecule has 0 saturated carbocycles. The Kier molecular flexibility index (Phi) is 8.09. The minimum atomic E-state index is -0.850. The van der Waals surface area contributed by atoms with Gasteiger partial charge in [0.1, 0.15) is 12.6 Å². The highest BCUT2D eigenvalue weighted by atomic mass is 16.2. The van der Waals surface area contributed by atoms with Crippen molar-refractivity contribution in [2.24, 2.45) is 0 Å². The summed E-state index contributed by atoms with van der Waals surface area (Å²) in [6, 6.07) is 20.2. The fourth-order valence-corrected chi connectivity index (χ4v) is 4.94. The topological polar surface area (TPSA) is 90.5 Å². The Bertz CT molecular complexity index is 1370. The Labute approximate surface area is 231 Å². The summed E-state index contributed by atoms with van der Waals surface area (Å²) in [5.74, 6) is -0.750. The standard InChI is InChI=1S/C32H38N4O3/c1-20-11-15-24(16-12-20)33-31(39)34-27-18-26(23-14-13-21(2)22(3)17-23)25-9-7-8-10-28(25)36(30(27)38)19-29(37)35-32(4,5)6/h7-17,26-27H,18-19H2,1-6H3,(H,35,37)(H2,33,34,39). The maximum Gasteiger partial charge on any atom is 0.319 e. The molecule has 4 rings (SSSR count). The first-order valence-electron chi connectivity index (χ1n) is 13.3. The third-order valence-corrected chi connectivity index (χ3v) is 7.00. The number of rotatable bonds is 5. The van der Waals surface area contributed by atoms with Crippen molar-refractivity contribution in [1.82, 2.24) is 10.6 Å². The molecule has 2 unspecified atom stereocenters. The smallest absolute Gasteiger partial charge is 0.319 e. The van der Waals surface area contributed by atoms with E-state index in [9.17, 15) is 14.4 Å². The molecule has 7 nitrogen and oxygen atoms in total. The summed E-state index contributed by atoms with van der Waals surface area (Å²) < 4.78 is 0. The van der Waals surface area contributed by atoms with Crippen molar-refractivity contribution in [3.8, 4) is 0 Å². The fraction of sp³-hybridized carbons (Fsp3) is 0.344. The minimum Gasteiger partial charge on any atom is -0.350 e. The molecule has 1 aliphatic rings. The average Bonchev–Trinajstić information content (AvgIpc) is 2.97. The van der Waals surface area contributed by atoms with Crippen molar-refractivity contribution in [1.29, 1.82) is 0 Å². The quantitative estimate of drug-likeness (QED) is 0.405. The summed E-state index contributed by atoms with van der Waals surface area (Å²) in [5, 5.41) is 8.70. The van der Waals surface area contributed by atoms with Crippen LogP contribution in [0.3, 0.4) is 0 Å². The van der Waals surface area contributed by atoms with Gasteiger partial charge in [0.15, 0.2) is 0 Å². The van der Waals surface area contributed by atoms with Gasteiger partial charge in [-0.3, -0.25) is 9.59 Å². The first-order chi connectivity index (χ1) is 18.4. The minimum absolute atomic E-state index is 0.148. The van der Waals surface area contributed by atoms with Gasteiger partial charge >= 0.3 is 6.03 Å². The van der Waals surface area contributed by atoms with Gasteiger partial charge in [-0.25, -0.2) is 4.79 Å². The lowest BCUT2D eigenvalue weighted by Gasteiger charge is -2.28. The zero-order valence-corrected chi connectivity index (χ0v) is 23.6. The molecule has 1 aliphatic heterocycles. The summed E-state index contributed by atoms with van der Waals surface area (Å²) in [7, 11) is 0. The normalized spacial score (nSPS) is 17.2. The number of benzene rings is 3. The molecular weight excluding hydrogens is 488 g/mol. The van der Waals surface area contributed by atoms with Gasteiger partial charge in [0.25, 0.3) is 0 Å². The fourth-order valence-electron chi connectivity index (χ4n) is 4.94. The third-order valence-electron chi connectivity index (χ3n) is 7.00. The number of hydrogen-bond acceptors (Lipinski definition) is 3. The van der Waals surface area contributed by atoms with Gasteiger partial charge in [0.05, 0.1) is 0 Å². The van der Waals surface area contributed by atoms with Crippen molar-refractivity contribution in [3.05, 3.63) is 94.5 Å². The molecule has 3 N–H and O–H groups in total. The van der Waals surface area contributed by atoms with Gasteiger partial charge in [-0.15, -0.1) is 0 Å². The summed E-state index contributed by atoms with van der Waals surface area (Å²) in [4.78, 5) is 41.7. The van der Waals surface area contributed by atoms with Gasteiger partial charge in [-0.05, 0) is 88.4 Å². The molecule has 1 heterocycles. The zero-order chi connectivity index (χ0) is 28.3. The van der Waals surface area contributed by atoms with Crippen molar-refractivity contribution in [2.75, 3.05) is 16.8 Å². The predicted octanol–water partition coefficient (Wildman–Crippen LogP) is 5.59. The number of amides is 4. The van der Waals surface area contributed by atoms with E-state index >= 15 is 0 Å². The van der Waals surface area contributed by atoms with E-state index in [1.54, 1.807) is 0 Å². The second kappa shape index (κ2) is 11.3. The molecule has 0 radical (unpaired) electrons. The molecule has 204 valence electrons. The van der Waals surface area contributed by atoms with Crippen molar-refractivity contribution in [3.63, 3.8) is 0 Å². The number of anilines is 2. The van der Waals surface area contributed by atoms with Crippen LogP contribution in [0, 0.1) is 20.8 Å². The highest BCUT2D eigenvalue weighted by Crippen LogP contribution is 2.39. The van der Waals surface area contributed by atoms with Crippen molar-refractivity contribution >= 4 is 29.2 Å². The van der Waals surface area contributed by atoms with Crippen molar-refractivity contribution < 1.29 is 14.4 Å². The van der Waals surface area contributed by atoms with Crippen LogP contribution in [-0.4, -0.2) is 36.0 Å². The molecule has 7 heteroatoms. The first kappa shape index (κ1) is 27.9. The number of carbonyl (C=O) groups excluding carboxylic acids is 3. The summed E-state index contributed by atoms with van der Waals surface area (Å²) in [5.41, 5.74) is 6.29. The zero-order valence-electron chi connectivity index (χ0n) is 23.6. The summed E-state index contributed by atoms with van der Waals surface area (Å²) in [6.07, 6.45) is 0.358. The molecule has 0 bridgehead atoms. The highest BCUT2D eigenvalue weighted by Gasteiger charge is 2.37. The Morgan fingerprint density at radius 3 is 2.28 bits per heavy atom. The lowest BCUT2D eigenvalue weighted by Crippen LogP contribution is -2.53. The van der Waals surface area contributed by atoms with Gasteiger partial charge in [0, 0.05) is 22.8 Å². The molecule has 3 aromatic carbocycles. The predicted molar refractivity (Wildman–Crippen MR) is 156 cm³/mol. The summed E-state index contributed by atoms with van der Waals surface area (Å²) in [6.45, 7) is 11.7. The van der Waals surface area contributed by atoms with Crippen molar-refractivity contribution in [2.45, 2.75) is 65.5 Å². The van der Waals surface area contributed by atoms with Crippen LogP contribution in [0.15, 0.2) is 66.7 Å². The molecule has 0 saturated heterocycles. The van der Waals surface area contributed by atoms with Gasteiger partial charge in [-0.2, -0.15) is 0 Å². The maximum atomic E-state index is 14.0. The molecule has 0 aliphatic carbocycles. The van der Waals surface area contributed by atoms with E-state index in [2.05, 4.69) is 48.0 Å². The van der Waals surface area contributed by atoms with Gasteiger partial charge in [-0.1, -0.05) is 54.1 Å². The number of carbonyl (C=O) groups is 3. The van der Waals surface area contributed by atoms with Gasteiger partial charge in [0.2, 0.25) is 11.8 Å². The van der Waals surface area contributed by atoms with Crippen LogP contribution in [0.1, 0.15) is 60.9 Å². The third kappa shape index (κ3) is 6.85. The van der Waals surface area contributed by atoms with E-state index in [-0.39, 0.29) is 24.3 Å². The summed E-state index contributed by atoms with van der Waals surface area (Å²) >= 11 is 0. The number of hydrogen-bond donors (Lipinski definition) is 3. The van der Waals surface area contributed by atoms with E-state index in [0.29, 0.717) is 17.8 Å². The lowest BCUT2D eigenvalue weighted by molar-refractivity contribution is -0.125. The van der Waals surface area contributed by atoms with Gasteiger partial charge < -0.3 is 20.9 Å². The first-order valence-corrected chi connectivity index (χ1v) is 13.3. The number of nitrogens with one attached hydrogen (secondary N) is 3. The van der Waals surface area contributed by atoms with Crippen LogP contribution in [-0.2, 0) is 9.59 Å². The van der Waals surface area contributed by atoms with E-state index in [1.807, 2.05) is 76.2 Å². The van der Waals surface area contributed by atoms with Crippen LogP contribution in [0.4, 0.5) is 16.2 Å².